The molecule has 0 aliphatic rings. The van der Waals surface area contributed by atoms with Crippen LogP contribution in [-0.2, 0) is 4.79 Å². The predicted molar refractivity (Wildman–Crippen MR) is 114 cm³/mol. The first-order valence-corrected chi connectivity index (χ1v) is 10.0. The molecule has 2 unspecified atom stereocenters. The van der Waals surface area contributed by atoms with Crippen LogP contribution in [0, 0.1) is 11.6 Å². The minimum Gasteiger partial charge on any atom is -0.368 e. The van der Waals surface area contributed by atoms with Crippen molar-refractivity contribution in [3.8, 4) is 0 Å². The number of nitrogens with zero attached hydrogens (tertiary/aromatic N) is 3. The molecule has 1 amide bonds. The second-order valence-corrected chi connectivity index (χ2v) is 8.06. The molecule has 4 N–H and O–H groups in total. The Labute approximate surface area is 176 Å². The molecule has 0 aliphatic heterocycles. The van der Waals surface area contributed by atoms with E-state index in [1.807, 2.05) is 30.3 Å². The first kappa shape index (κ1) is 21.4. The van der Waals surface area contributed by atoms with E-state index in [0.29, 0.717) is 5.82 Å². The Bertz CT molecular complexity index is 1020. The quantitative estimate of drug-likeness (QED) is 0.513. The molecule has 3 aromatic rings. The van der Waals surface area contributed by atoms with Crippen LogP contribution < -0.4 is 16.4 Å². The van der Waals surface area contributed by atoms with Crippen molar-refractivity contribution in [2.45, 2.75) is 24.3 Å². The number of amides is 1. The summed E-state index contributed by atoms with van der Waals surface area (Å²) in [6, 6.07) is 12.7. The average molecular weight is 430 g/mol. The SMILES string of the molecule is CC(SC(C)c1nc(N)nc(Nc2ccccc2)n1)C(=O)Nc1c(F)cccc1F. The molecule has 2 atom stereocenters. The highest BCUT2D eigenvalue weighted by Crippen LogP contribution is 2.31. The van der Waals surface area contributed by atoms with Crippen LogP contribution in [0.15, 0.2) is 48.5 Å². The van der Waals surface area contributed by atoms with Crippen LogP contribution in [0.4, 0.5) is 32.1 Å². The molecule has 2 aromatic carbocycles. The summed E-state index contributed by atoms with van der Waals surface area (Å²) in [5, 5.41) is 4.37. The van der Waals surface area contributed by atoms with Crippen LogP contribution in [0.1, 0.15) is 24.9 Å². The van der Waals surface area contributed by atoms with Gasteiger partial charge in [-0.25, -0.2) is 8.78 Å². The normalized spacial score (nSPS) is 12.8. The minimum atomic E-state index is -0.838. The number of anilines is 4. The molecule has 0 radical (unpaired) electrons. The molecule has 10 heteroatoms. The number of para-hydroxylation sites is 2. The number of rotatable bonds is 7. The third kappa shape index (κ3) is 5.41. The fourth-order valence-electron chi connectivity index (χ4n) is 2.57. The third-order valence-electron chi connectivity index (χ3n) is 4.05. The van der Waals surface area contributed by atoms with Crippen molar-refractivity contribution in [2.24, 2.45) is 0 Å². The van der Waals surface area contributed by atoms with Crippen molar-refractivity contribution in [2.75, 3.05) is 16.4 Å². The molecule has 1 heterocycles. The Morgan fingerprint density at radius 2 is 1.67 bits per heavy atom. The monoisotopic (exact) mass is 430 g/mol. The van der Waals surface area contributed by atoms with Gasteiger partial charge in [0.2, 0.25) is 17.8 Å². The second-order valence-electron chi connectivity index (χ2n) is 6.37. The zero-order valence-corrected chi connectivity index (χ0v) is 17.1. The largest absolute Gasteiger partial charge is 0.368 e. The van der Waals surface area contributed by atoms with Crippen LogP contribution in [-0.4, -0.2) is 26.1 Å². The molecule has 0 fully saturated rings. The summed E-state index contributed by atoms with van der Waals surface area (Å²) >= 11 is 1.22. The maximum atomic E-state index is 13.8. The van der Waals surface area contributed by atoms with E-state index in [1.54, 1.807) is 13.8 Å². The highest BCUT2D eigenvalue weighted by Gasteiger charge is 2.22. The highest BCUT2D eigenvalue weighted by molar-refractivity contribution is 8.00. The number of nitrogens with two attached hydrogens (primary N) is 1. The van der Waals surface area contributed by atoms with Crippen molar-refractivity contribution in [3.63, 3.8) is 0 Å². The first-order valence-electron chi connectivity index (χ1n) is 9.07. The lowest BCUT2D eigenvalue weighted by Crippen LogP contribution is -2.24. The summed E-state index contributed by atoms with van der Waals surface area (Å²) in [7, 11) is 0. The first-order chi connectivity index (χ1) is 14.3. The lowest BCUT2D eigenvalue weighted by Gasteiger charge is -2.17. The molecule has 0 saturated heterocycles. The Kier molecular flexibility index (Phi) is 6.78. The summed E-state index contributed by atoms with van der Waals surface area (Å²) in [6.45, 7) is 3.43. The van der Waals surface area contributed by atoms with Crippen LogP contribution in [0.3, 0.4) is 0 Å². The Balaban J connectivity index is 1.69. The van der Waals surface area contributed by atoms with Gasteiger partial charge in [-0.1, -0.05) is 24.3 Å². The number of carbonyl (C=O) groups is 1. The molecule has 0 aliphatic carbocycles. The van der Waals surface area contributed by atoms with Gasteiger partial charge in [0, 0.05) is 5.69 Å². The van der Waals surface area contributed by atoms with Gasteiger partial charge in [-0.3, -0.25) is 4.79 Å². The van der Waals surface area contributed by atoms with E-state index in [-0.39, 0.29) is 17.1 Å². The van der Waals surface area contributed by atoms with E-state index in [4.69, 9.17) is 5.73 Å². The topological polar surface area (TPSA) is 106 Å². The van der Waals surface area contributed by atoms with Crippen molar-refractivity contribution in [1.29, 1.82) is 0 Å². The van der Waals surface area contributed by atoms with Gasteiger partial charge in [0.05, 0.1) is 10.5 Å². The van der Waals surface area contributed by atoms with Crippen molar-refractivity contribution >= 4 is 40.9 Å². The standard InChI is InChI=1S/C20H20F2N6OS/c1-11(30-12(2)18(29)25-16-14(21)9-6-10-15(16)22)17-26-19(23)28-20(27-17)24-13-7-4-3-5-8-13/h3-12H,1-2H3,(H,25,29)(H3,23,24,26,27,28). The van der Waals surface area contributed by atoms with Gasteiger partial charge in [-0.2, -0.15) is 15.0 Å². The average Bonchev–Trinajstić information content (AvgIpc) is 2.71. The van der Waals surface area contributed by atoms with E-state index in [1.165, 1.54) is 17.8 Å². The molecule has 30 heavy (non-hydrogen) atoms. The Hall–Kier alpha value is -3.27. The van der Waals surface area contributed by atoms with Gasteiger partial charge in [0.25, 0.3) is 0 Å². The highest BCUT2D eigenvalue weighted by atomic mass is 32.2. The zero-order valence-electron chi connectivity index (χ0n) is 16.3. The molecular formula is C20H20F2N6OS. The summed E-state index contributed by atoms with van der Waals surface area (Å²) in [6.07, 6.45) is 0. The number of halogens is 2. The Morgan fingerprint density at radius 1 is 1.00 bits per heavy atom. The Morgan fingerprint density at radius 3 is 2.33 bits per heavy atom. The summed E-state index contributed by atoms with van der Waals surface area (Å²) in [5.74, 6) is -1.52. The summed E-state index contributed by atoms with van der Waals surface area (Å²) in [5.41, 5.74) is 6.12. The minimum absolute atomic E-state index is 0.0383. The van der Waals surface area contributed by atoms with Gasteiger partial charge < -0.3 is 16.4 Å². The van der Waals surface area contributed by atoms with Gasteiger partial charge in [-0.15, -0.1) is 11.8 Å². The van der Waals surface area contributed by atoms with Gasteiger partial charge >= 0.3 is 0 Å². The summed E-state index contributed by atoms with van der Waals surface area (Å²) < 4.78 is 27.5. The predicted octanol–water partition coefficient (Wildman–Crippen LogP) is 4.30. The molecule has 0 spiro atoms. The number of thioether (sulfide) groups is 1. The number of nitrogen functional groups attached to an aromatic ring is 1. The fourth-order valence-corrected chi connectivity index (χ4v) is 3.59. The third-order valence-corrected chi connectivity index (χ3v) is 5.29. The van der Waals surface area contributed by atoms with Crippen molar-refractivity contribution < 1.29 is 13.6 Å². The molecule has 0 saturated carbocycles. The summed E-state index contributed by atoms with van der Waals surface area (Å²) in [4.78, 5) is 25.0. The van der Waals surface area contributed by atoms with E-state index >= 15 is 0 Å². The van der Waals surface area contributed by atoms with Crippen LogP contribution in [0.2, 0.25) is 0 Å². The maximum Gasteiger partial charge on any atom is 0.237 e. The fraction of sp³-hybridized carbons (Fsp3) is 0.200. The zero-order chi connectivity index (χ0) is 21.7. The lowest BCUT2D eigenvalue weighted by atomic mass is 10.3. The van der Waals surface area contributed by atoms with E-state index in [2.05, 4.69) is 25.6 Å². The molecule has 3 rings (SSSR count). The van der Waals surface area contributed by atoms with Crippen LogP contribution in [0.5, 0.6) is 0 Å². The molecule has 7 nitrogen and oxygen atoms in total. The van der Waals surface area contributed by atoms with E-state index in [0.717, 1.165) is 17.8 Å². The van der Waals surface area contributed by atoms with Crippen molar-refractivity contribution in [1.82, 2.24) is 15.0 Å². The number of nitrogens with one attached hydrogen (secondary N) is 2. The molecule has 156 valence electrons. The van der Waals surface area contributed by atoms with Crippen LogP contribution >= 0.6 is 11.8 Å². The van der Waals surface area contributed by atoms with Gasteiger partial charge in [0.1, 0.15) is 23.1 Å². The van der Waals surface area contributed by atoms with E-state index < -0.39 is 28.5 Å². The van der Waals surface area contributed by atoms with Crippen molar-refractivity contribution in [3.05, 3.63) is 66.0 Å². The number of carbonyl (C=O) groups excluding carboxylic acids is 1. The lowest BCUT2D eigenvalue weighted by molar-refractivity contribution is -0.115. The van der Waals surface area contributed by atoms with Gasteiger partial charge in [-0.05, 0) is 38.1 Å². The maximum absolute atomic E-state index is 13.8. The number of hydrogen-bond donors (Lipinski definition) is 3. The smallest absolute Gasteiger partial charge is 0.237 e. The molecular weight excluding hydrogens is 410 g/mol. The number of hydrogen-bond acceptors (Lipinski definition) is 7. The van der Waals surface area contributed by atoms with E-state index in [9.17, 15) is 13.6 Å². The number of benzene rings is 2. The number of aromatic nitrogens is 3. The molecule has 1 aromatic heterocycles. The second kappa shape index (κ2) is 9.49. The molecule has 0 bridgehead atoms. The van der Waals surface area contributed by atoms with Gasteiger partial charge in [0.15, 0.2) is 0 Å². The van der Waals surface area contributed by atoms with Crippen LogP contribution in [0.25, 0.3) is 0 Å².